The smallest absolute Gasteiger partial charge is 0.308 e. The molecule has 0 unspecified atom stereocenters. The standard InChI is InChI=1S/C14H22N2O3/c1-2-19-13(17)12-5-7-14(18,8-6-12)11-15-16-9-3-4-10-16/h3-4,9-10,12,15,18H,2,5-8,11H2,1H3. The van der Waals surface area contributed by atoms with Crippen molar-refractivity contribution in [2.24, 2.45) is 5.92 Å². The van der Waals surface area contributed by atoms with Crippen LogP contribution < -0.4 is 5.43 Å². The van der Waals surface area contributed by atoms with Gasteiger partial charge in [-0.15, -0.1) is 0 Å². The molecule has 1 aromatic heterocycles. The maximum atomic E-state index is 11.6. The van der Waals surface area contributed by atoms with E-state index in [1.807, 2.05) is 36.1 Å². The van der Waals surface area contributed by atoms with Crippen LogP contribution in [0.2, 0.25) is 0 Å². The van der Waals surface area contributed by atoms with Crippen LogP contribution in [-0.4, -0.2) is 34.5 Å². The van der Waals surface area contributed by atoms with Crippen molar-refractivity contribution in [3.63, 3.8) is 0 Å². The van der Waals surface area contributed by atoms with Crippen LogP contribution in [0, 0.1) is 5.92 Å². The first kappa shape index (κ1) is 13.9. The number of esters is 1. The first-order valence-electron chi connectivity index (χ1n) is 6.89. The molecule has 0 aliphatic heterocycles. The highest BCUT2D eigenvalue weighted by Crippen LogP contribution is 2.32. The summed E-state index contributed by atoms with van der Waals surface area (Å²) in [6.07, 6.45) is 6.45. The van der Waals surface area contributed by atoms with Gasteiger partial charge < -0.3 is 15.3 Å². The number of hydrogen-bond donors (Lipinski definition) is 2. The summed E-state index contributed by atoms with van der Waals surface area (Å²) >= 11 is 0. The molecule has 2 N–H and O–H groups in total. The molecule has 0 bridgehead atoms. The van der Waals surface area contributed by atoms with Gasteiger partial charge in [0.1, 0.15) is 0 Å². The van der Waals surface area contributed by atoms with Gasteiger partial charge in [0.25, 0.3) is 0 Å². The molecule has 5 heteroatoms. The van der Waals surface area contributed by atoms with Crippen molar-refractivity contribution in [3.8, 4) is 0 Å². The van der Waals surface area contributed by atoms with Gasteiger partial charge in [0.05, 0.1) is 24.7 Å². The van der Waals surface area contributed by atoms with E-state index >= 15 is 0 Å². The lowest BCUT2D eigenvalue weighted by molar-refractivity contribution is -0.150. The third-order valence-electron chi connectivity index (χ3n) is 3.73. The summed E-state index contributed by atoms with van der Waals surface area (Å²) in [4.78, 5) is 11.6. The molecule has 1 aromatic rings. The van der Waals surface area contributed by atoms with Crippen LogP contribution in [0.4, 0.5) is 0 Å². The van der Waals surface area contributed by atoms with Crippen LogP contribution in [0.5, 0.6) is 0 Å². The summed E-state index contributed by atoms with van der Waals surface area (Å²) < 4.78 is 6.86. The average molecular weight is 266 g/mol. The van der Waals surface area contributed by atoms with E-state index in [0.717, 1.165) is 0 Å². The highest BCUT2D eigenvalue weighted by Gasteiger charge is 2.36. The summed E-state index contributed by atoms with van der Waals surface area (Å²) in [5.74, 6) is -0.172. The van der Waals surface area contributed by atoms with Crippen LogP contribution >= 0.6 is 0 Å². The first-order chi connectivity index (χ1) is 9.13. The van der Waals surface area contributed by atoms with Gasteiger partial charge in [-0.25, -0.2) is 0 Å². The molecule has 1 aliphatic carbocycles. The molecule has 0 saturated heterocycles. The molecule has 19 heavy (non-hydrogen) atoms. The number of nitrogens with one attached hydrogen (secondary N) is 1. The number of ether oxygens (including phenoxy) is 1. The lowest BCUT2D eigenvalue weighted by Gasteiger charge is -2.35. The maximum absolute atomic E-state index is 11.6. The van der Waals surface area contributed by atoms with Gasteiger partial charge in [0, 0.05) is 12.4 Å². The predicted octanol–water partition coefficient (Wildman–Crippen LogP) is 1.52. The van der Waals surface area contributed by atoms with Crippen LogP contribution in [-0.2, 0) is 9.53 Å². The number of hydrogen-bond acceptors (Lipinski definition) is 4. The van der Waals surface area contributed by atoms with Crippen LogP contribution in [0.25, 0.3) is 0 Å². The Balaban J connectivity index is 1.79. The Hall–Kier alpha value is -1.49. The molecule has 1 fully saturated rings. The van der Waals surface area contributed by atoms with Crippen molar-refractivity contribution in [3.05, 3.63) is 24.5 Å². The minimum Gasteiger partial charge on any atom is -0.466 e. The molecule has 0 amide bonds. The van der Waals surface area contributed by atoms with E-state index in [1.54, 1.807) is 0 Å². The van der Waals surface area contributed by atoms with Gasteiger partial charge in [-0.1, -0.05) is 0 Å². The lowest BCUT2D eigenvalue weighted by Crippen LogP contribution is -2.43. The molecule has 1 heterocycles. The summed E-state index contributed by atoms with van der Waals surface area (Å²) in [5, 5.41) is 10.5. The molecule has 0 spiro atoms. The molecule has 1 aliphatic rings. The topological polar surface area (TPSA) is 63.5 Å². The van der Waals surface area contributed by atoms with Crippen molar-refractivity contribution in [1.29, 1.82) is 0 Å². The van der Waals surface area contributed by atoms with Crippen molar-refractivity contribution in [2.45, 2.75) is 38.2 Å². The summed E-state index contributed by atoms with van der Waals surface area (Å²) in [6.45, 7) is 2.74. The quantitative estimate of drug-likeness (QED) is 0.793. The van der Waals surface area contributed by atoms with Crippen LogP contribution in [0.15, 0.2) is 24.5 Å². The second-order valence-corrected chi connectivity index (χ2v) is 5.18. The van der Waals surface area contributed by atoms with E-state index in [2.05, 4.69) is 5.43 Å². The van der Waals surface area contributed by atoms with Crippen LogP contribution in [0.3, 0.4) is 0 Å². The van der Waals surface area contributed by atoms with E-state index in [9.17, 15) is 9.90 Å². The first-order valence-corrected chi connectivity index (χ1v) is 6.89. The number of nitrogens with zero attached hydrogens (tertiary/aromatic N) is 1. The number of aromatic nitrogens is 1. The number of rotatable bonds is 5. The highest BCUT2D eigenvalue weighted by atomic mass is 16.5. The normalized spacial score (nSPS) is 26.9. The fraction of sp³-hybridized carbons (Fsp3) is 0.643. The van der Waals surface area contributed by atoms with Gasteiger partial charge in [-0.3, -0.25) is 9.47 Å². The summed E-state index contributed by atoms with van der Waals surface area (Å²) in [6, 6.07) is 3.85. The summed E-state index contributed by atoms with van der Waals surface area (Å²) in [5.41, 5.74) is 2.43. The third-order valence-corrected chi connectivity index (χ3v) is 3.73. The average Bonchev–Trinajstić information content (AvgIpc) is 2.91. The zero-order chi connectivity index (χ0) is 13.7. The number of aliphatic hydroxyl groups is 1. The molecular weight excluding hydrogens is 244 g/mol. The fourth-order valence-corrected chi connectivity index (χ4v) is 2.51. The Morgan fingerprint density at radius 1 is 1.42 bits per heavy atom. The molecule has 0 atom stereocenters. The van der Waals surface area contributed by atoms with Crippen molar-refractivity contribution >= 4 is 5.97 Å². The Morgan fingerprint density at radius 3 is 2.63 bits per heavy atom. The highest BCUT2D eigenvalue weighted by molar-refractivity contribution is 5.72. The number of carbonyl (C=O) groups excluding carboxylic acids is 1. The van der Waals surface area contributed by atoms with E-state index in [4.69, 9.17) is 4.74 Å². The van der Waals surface area contributed by atoms with Crippen LogP contribution in [0.1, 0.15) is 32.6 Å². The lowest BCUT2D eigenvalue weighted by atomic mass is 9.79. The molecule has 0 radical (unpaired) electrons. The monoisotopic (exact) mass is 266 g/mol. The van der Waals surface area contributed by atoms with Crippen molar-refractivity contribution < 1.29 is 14.6 Å². The van der Waals surface area contributed by atoms with E-state index in [0.29, 0.717) is 38.8 Å². The minimum absolute atomic E-state index is 0.0493. The Kier molecular flexibility index (Phi) is 4.47. The van der Waals surface area contributed by atoms with Gasteiger partial charge >= 0.3 is 5.97 Å². The van der Waals surface area contributed by atoms with E-state index in [1.165, 1.54) is 0 Å². The Bertz CT molecular complexity index is 395. The zero-order valence-electron chi connectivity index (χ0n) is 11.3. The predicted molar refractivity (Wildman–Crippen MR) is 72.2 cm³/mol. The van der Waals surface area contributed by atoms with Gasteiger partial charge in [-0.05, 0) is 44.7 Å². The minimum atomic E-state index is -0.729. The largest absolute Gasteiger partial charge is 0.466 e. The fourth-order valence-electron chi connectivity index (χ4n) is 2.51. The molecule has 1 saturated carbocycles. The van der Waals surface area contributed by atoms with Crippen molar-refractivity contribution in [2.75, 3.05) is 18.6 Å². The molecule has 106 valence electrons. The van der Waals surface area contributed by atoms with Gasteiger partial charge in [0.2, 0.25) is 0 Å². The van der Waals surface area contributed by atoms with E-state index < -0.39 is 5.60 Å². The molecule has 2 rings (SSSR count). The SMILES string of the molecule is CCOC(=O)C1CCC(O)(CNn2cccc2)CC1. The zero-order valence-corrected chi connectivity index (χ0v) is 11.3. The van der Waals surface area contributed by atoms with Crippen molar-refractivity contribution in [1.82, 2.24) is 4.68 Å². The molecular formula is C14H22N2O3. The maximum Gasteiger partial charge on any atom is 0.308 e. The van der Waals surface area contributed by atoms with Gasteiger partial charge in [0.15, 0.2) is 0 Å². The second-order valence-electron chi connectivity index (χ2n) is 5.18. The number of carbonyl (C=O) groups is 1. The summed E-state index contributed by atoms with van der Waals surface area (Å²) in [7, 11) is 0. The second kappa shape index (κ2) is 6.10. The Morgan fingerprint density at radius 2 is 2.05 bits per heavy atom. The molecule has 5 nitrogen and oxygen atoms in total. The van der Waals surface area contributed by atoms with E-state index in [-0.39, 0.29) is 11.9 Å². The van der Waals surface area contributed by atoms with Gasteiger partial charge in [-0.2, -0.15) is 0 Å². The third kappa shape index (κ3) is 3.73. The molecule has 0 aromatic carbocycles. The Labute approximate surface area is 113 Å².